The molecular weight excluding hydrogens is 220 g/mol. The molecule has 2 amide bonds. The normalized spacial score (nSPS) is 19.1. The molecule has 1 saturated heterocycles. The standard InChI is InChI=1S/C12H22N2O3/c1-4-5-13-7-12(17)14(8-11(13)16)6-10(15)9(2)3/h9-10,15H,4-8H2,1-3H3. The van der Waals surface area contributed by atoms with Crippen molar-refractivity contribution in [1.29, 1.82) is 0 Å². The molecule has 0 aromatic heterocycles. The van der Waals surface area contributed by atoms with Gasteiger partial charge < -0.3 is 14.9 Å². The van der Waals surface area contributed by atoms with Crippen LogP contribution in [0.2, 0.25) is 0 Å². The zero-order valence-electron chi connectivity index (χ0n) is 10.8. The summed E-state index contributed by atoms with van der Waals surface area (Å²) >= 11 is 0. The quantitative estimate of drug-likeness (QED) is 0.743. The molecule has 0 aliphatic carbocycles. The molecule has 5 nitrogen and oxygen atoms in total. The number of carbonyl (C=O) groups is 2. The van der Waals surface area contributed by atoms with E-state index in [1.165, 1.54) is 4.90 Å². The minimum atomic E-state index is -0.565. The van der Waals surface area contributed by atoms with Gasteiger partial charge in [0.05, 0.1) is 19.2 Å². The molecule has 0 spiro atoms. The Hall–Kier alpha value is -1.10. The fourth-order valence-electron chi connectivity index (χ4n) is 1.78. The van der Waals surface area contributed by atoms with Gasteiger partial charge in [-0.25, -0.2) is 0 Å². The zero-order valence-corrected chi connectivity index (χ0v) is 10.8. The van der Waals surface area contributed by atoms with Gasteiger partial charge in [-0.1, -0.05) is 20.8 Å². The predicted molar refractivity (Wildman–Crippen MR) is 64.3 cm³/mol. The van der Waals surface area contributed by atoms with Crippen LogP contribution in [-0.2, 0) is 9.59 Å². The second kappa shape index (κ2) is 6.00. The van der Waals surface area contributed by atoms with E-state index in [2.05, 4.69) is 0 Å². The summed E-state index contributed by atoms with van der Waals surface area (Å²) in [5.41, 5.74) is 0. The topological polar surface area (TPSA) is 60.9 Å². The summed E-state index contributed by atoms with van der Waals surface area (Å²) in [5.74, 6) is -0.00766. The summed E-state index contributed by atoms with van der Waals surface area (Å²) < 4.78 is 0. The predicted octanol–water partition coefficient (Wildman–Crippen LogP) is 0.0841. The molecule has 98 valence electrons. The number of aliphatic hydroxyl groups is 1. The number of nitrogens with zero attached hydrogens (tertiary/aromatic N) is 2. The van der Waals surface area contributed by atoms with Crippen LogP contribution >= 0.6 is 0 Å². The second-order valence-corrected chi connectivity index (χ2v) is 4.90. The lowest BCUT2D eigenvalue weighted by Gasteiger charge is -2.35. The number of β-amino-alcohol motifs (C(OH)–C–C–N with tert-alkyl or cyclic N) is 1. The summed E-state index contributed by atoms with van der Waals surface area (Å²) in [6.07, 6.45) is 0.289. The summed E-state index contributed by atoms with van der Waals surface area (Å²) in [6.45, 7) is 6.90. The Morgan fingerprint density at radius 3 is 2.24 bits per heavy atom. The molecule has 1 heterocycles. The number of hydrogen-bond donors (Lipinski definition) is 1. The number of hydrogen-bond acceptors (Lipinski definition) is 3. The van der Waals surface area contributed by atoms with Crippen LogP contribution in [0.5, 0.6) is 0 Å². The molecule has 0 aromatic rings. The Morgan fingerprint density at radius 2 is 1.71 bits per heavy atom. The minimum absolute atomic E-state index is 0.0255. The van der Waals surface area contributed by atoms with Crippen molar-refractivity contribution in [2.75, 3.05) is 26.2 Å². The van der Waals surface area contributed by atoms with E-state index in [1.54, 1.807) is 4.90 Å². The van der Waals surface area contributed by atoms with Gasteiger partial charge in [-0.05, 0) is 12.3 Å². The molecule has 1 aliphatic rings. The van der Waals surface area contributed by atoms with Crippen LogP contribution in [-0.4, -0.2) is 59.0 Å². The maximum atomic E-state index is 11.8. The first-order valence-electron chi connectivity index (χ1n) is 6.19. The van der Waals surface area contributed by atoms with Gasteiger partial charge in [0.1, 0.15) is 0 Å². The number of aliphatic hydroxyl groups excluding tert-OH is 1. The highest BCUT2D eigenvalue weighted by atomic mass is 16.3. The maximum absolute atomic E-state index is 11.8. The number of rotatable bonds is 5. The molecule has 1 fully saturated rings. The Bertz CT molecular complexity index is 291. The van der Waals surface area contributed by atoms with Crippen molar-refractivity contribution < 1.29 is 14.7 Å². The molecule has 0 aromatic carbocycles. The molecule has 1 atom stereocenters. The van der Waals surface area contributed by atoms with Gasteiger partial charge in [0, 0.05) is 13.1 Å². The van der Waals surface area contributed by atoms with E-state index in [0.29, 0.717) is 6.54 Å². The second-order valence-electron chi connectivity index (χ2n) is 4.90. The van der Waals surface area contributed by atoms with E-state index in [4.69, 9.17) is 0 Å². The van der Waals surface area contributed by atoms with Gasteiger partial charge in [0.25, 0.3) is 0 Å². The first-order valence-corrected chi connectivity index (χ1v) is 6.19. The van der Waals surface area contributed by atoms with Gasteiger partial charge in [-0.15, -0.1) is 0 Å². The monoisotopic (exact) mass is 242 g/mol. The largest absolute Gasteiger partial charge is 0.391 e. The lowest BCUT2D eigenvalue weighted by Crippen LogP contribution is -2.55. The Morgan fingerprint density at radius 1 is 1.18 bits per heavy atom. The van der Waals surface area contributed by atoms with E-state index in [-0.39, 0.29) is 37.4 Å². The van der Waals surface area contributed by atoms with Crippen molar-refractivity contribution in [3.05, 3.63) is 0 Å². The third kappa shape index (κ3) is 3.70. The highest BCUT2D eigenvalue weighted by Crippen LogP contribution is 2.09. The van der Waals surface area contributed by atoms with Crippen molar-refractivity contribution in [3.63, 3.8) is 0 Å². The molecule has 0 bridgehead atoms. The molecular formula is C12H22N2O3. The van der Waals surface area contributed by atoms with Crippen LogP contribution < -0.4 is 0 Å². The van der Waals surface area contributed by atoms with Gasteiger partial charge in [0.15, 0.2) is 0 Å². The van der Waals surface area contributed by atoms with Crippen LogP contribution in [0.4, 0.5) is 0 Å². The van der Waals surface area contributed by atoms with Gasteiger partial charge >= 0.3 is 0 Å². The Labute approximate surface area is 102 Å². The van der Waals surface area contributed by atoms with E-state index in [1.807, 2.05) is 20.8 Å². The molecule has 1 N–H and O–H groups in total. The van der Waals surface area contributed by atoms with Crippen LogP contribution in [0.25, 0.3) is 0 Å². The molecule has 5 heteroatoms. The smallest absolute Gasteiger partial charge is 0.242 e. The number of carbonyl (C=O) groups excluding carboxylic acids is 2. The van der Waals surface area contributed by atoms with Crippen LogP contribution in [0.1, 0.15) is 27.2 Å². The van der Waals surface area contributed by atoms with Gasteiger partial charge in [0.2, 0.25) is 11.8 Å². The van der Waals surface area contributed by atoms with Gasteiger partial charge in [-0.2, -0.15) is 0 Å². The summed E-state index contributed by atoms with van der Waals surface area (Å²) in [5, 5.41) is 9.73. The lowest BCUT2D eigenvalue weighted by molar-refractivity contribution is -0.151. The minimum Gasteiger partial charge on any atom is -0.391 e. The Kier molecular flexibility index (Phi) is 4.93. The number of amides is 2. The molecule has 0 radical (unpaired) electrons. The lowest BCUT2D eigenvalue weighted by atomic mass is 10.1. The van der Waals surface area contributed by atoms with Crippen LogP contribution in [0, 0.1) is 5.92 Å². The van der Waals surface area contributed by atoms with Crippen LogP contribution in [0.15, 0.2) is 0 Å². The fraction of sp³-hybridized carbons (Fsp3) is 0.833. The van der Waals surface area contributed by atoms with E-state index < -0.39 is 6.10 Å². The highest BCUT2D eigenvalue weighted by molar-refractivity contribution is 5.92. The molecule has 17 heavy (non-hydrogen) atoms. The van der Waals surface area contributed by atoms with Crippen molar-refractivity contribution in [2.45, 2.75) is 33.3 Å². The summed E-state index contributed by atoms with van der Waals surface area (Å²) in [6, 6.07) is 0. The van der Waals surface area contributed by atoms with Crippen molar-refractivity contribution in [3.8, 4) is 0 Å². The van der Waals surface area contributed by atoms with Crippen molar-refractivity contribution >= 4 is 11.8 Å². The fourth-order valence-corrected chi connectivity index (χ4v) is 1.78. The molecule has 1 unspecified atom stereocenters. The van der Waals surface area contributed by atoms with E-state index >= 15 is 0 Å². The summed E-state index contributed by atoms with van der Waals surface area (Å²) in [4.78, 5) is 26.6. The first kappa shape index (κ1) is 14.0. The van der Waals surface area contributed by atoms with Gasteiger partial charge in [-0.3, -0.25) is 9.59 Å². The first-order chi connectivity index (χ1) is 7.95. The SMILES string of the molecule is CCCN1CC(=O)N(CC(O)C(C)C)CC1=O. The average molecular weight is 242 g/mol. The van der Waals surface area contributed by atoms with E-state index in [0.717, 1.165) is 6.42 Å². The third-order valence-corrected chi connectivity index (χ3v) is 3.03. The summed E-state index contributed by atoms with van der Waals surface area (Å²) in [7, 11) is 0. The number of piperazine rings is 1. The zero-order chi connectivity index (χ0) is 13.0. The Balaban J connectivity index is 2.55. The van der Waals surface area contributed by atoms with Crippen LogP contribution in [0.3, 0.4) is 0 Å². The maximum Gasteiger partial charge on any atom is 0.242 e. The van der Waals surface area contributed by atoms with E-state index in [9.17, 15) is 14.7 Å². The highest BCUT2D eigenvalue weighted by Gasteiger charge is 2.30. The third-order valence-electron chi connectivity index (χ3n) is 3.03. The average Bonchev–Trinajstić information content (AvgIpc) is 2.25. The molecule has 1 rings (SSSR count). The van der Waals surface area contributed by atoms with Crippen molar-refractivity contribution in [2.24, 2.45) is 5.92 Å². The molecule has 1 aliphatic heterocycles. The van der Waals surface area contributed by atoms with Crippen molar-refractivity contribution in [1.82, 2.24) is 9.80 Å². The molecule has 0 saturated carbocycles.